The van der Waals surface area contributed by atoms with Crippen LogP contribution in [0.15, 0.2) is 47.4 Å². The van der Waals surface area contributed by atoms with Crippen molar-refractivity contribution in [3.63, 3.8) is 0 Å². The van der Waals surface area contributed by atoms with Gasteiger partial charge in [0.2, 0.25) is 15.9 Å². The zero-order valence-electron chi connectivity index (χ0n) is 14.8. The second-order valence-corrected chi connectivity index (χ2v) is 8.90. The van der Waals surface area contributed by atoms with E-state index < -0.39 is 21.8 Å². The average Bonchev–Trinajstić information content (AvgIpc) is 2.66. The fourth-order valence-corrected chi connectivity index (χ4v) is 4.81. The molecule has 0 aromatic heterocycles. The Morgan fingerprint density at radius 3 is 2.63 bits per heavy atom. The van der Waals surface area contributed by atoms with Crippen LogP contribution in [-0.2, 0) is 14.8 Å². The summed E-state index contributed by atoms with van der Waals surface area (Å²) in [4.78, 5) is 12.7. The number of amides is 1. The molecule has 0 saturated carbocycles. The van der Waals surface area contributed by atoms with Crippen LogP contribution in [0.25, 0.3) is 0 Å². The molecule has 0 radical (unpaired) electrons. The Hall–Kier alpha value is -1.96. The van der Waals surface area contributed by atoms with E-state index in [4.69, 9.17) is 11.6 Å². The number of halogens is 2. The van der Waals surface area contributed by atoms with E-state index in [0.29, 0.717) is 30.1 Å². The molecule has 1 N–H and O–H groups in total. The van der Waals surface area contributed by atoms with Gasteiger partial charge in [-0.25, -0.2) is 12.8 Å². The van der Waals surface area contributed by atoms with Crippen LogP contribution in [0.2, 0.25) is 5.02 Å². The Bertz CT molecular complexity index is 948. The maximum absolute atomic E-state index is 13.1. The van der Waals surface area contributed by atoms with E-state index in [0.717, 1.165) is 17.7 Å². The normalized spacial score (nSPS) is 18.3. The molecule has 1 saturated heterocycles. The summed E-state index contributed by atoms with van der Waals surface area (Å²) >= 11 is 6.08. The summed E-state index contributed by atoms with van der Waals surface area (Å²) in [5.74, 6) is -1.20. The first-order valence-electron chi connectivity index (χ1n) is 8.61. The summed E-state index contributed by atoms with van der Waals surface area (Å²) in [7, 11) is -3.77. The monoisotopic (exact) mass is 410 g/mol. The number of carbonyl (C=O) groups is 1. The van der Waals surface area contributed by atoms with Crippen LogP contribution in [0, 0.1) is 18.7 Å². The molecule has 5 nitrogen and oxygen atoms in total. The SMILES string of the molecule is Cc1c(Cl)cccc1NC(=O)[C@@H]1CCCN(S(=O)(=O)c2ccc(F)cc2)C1. The topological polar surface area (TPSA) is 66.5 Å². The zero-order chi connectivity index (χ0) is 19.6. The zero-order valence-corrected chi connectivity index (χ0v) is 16.4. The van der Waals surface area contributed by atoms with E-state index in [-0.39, 0.29) is 17.3 Å². The number of nitrogens with one attached hydrogen (secondary N) is 1. The van der Waals surface area contributed by atoms with Crippen LogP contribution >= 0.6 is 11.6 Å². The van der Waals surface area contributed by atoms with Crippen molar-refractivity contribution in [2.75, 3.05) is 18.4 Å². The molecular weight excluding hydrogens is 391 g/mol. The van der Waals surface area contributed by atoms with Gasteiger partial charge in [0.15, 0.2) is 0 Å². The number of hydrogen-bond donors (Lipinski definition) is 1. The quantitative estimate of drug-likeness (QED) is 0.833. The fourth-order valence-electron chi connectivity index (χ4n) is 3.11. The standard InChI is InChI=1S/C19H20ClFN2O3S/c1-13-17(20)5-2-6-18(13)22-19(24)14-4-3-11-23(12-14)27(25,26)16-9-7-15(21)8-10-16/h2,5-10,14H,3-4,11-12H2,1H3,(H,22,24)/t14-/m1/s1. The van der Waals surface area contributed by atoms with Gasteiger partial charge in [-0.1, -0.05) is 17.7 Å². The van der Waals surface area contributed by atoms with Crippen LogP contribution in [0.3, 0.4) is 0 Å². The van der Waals surface area contributed by atoms with Gasteiger partial charge in [-0.05, 0) is 61.7 Å². The van der Waals surface area contributed by atoms with Crippen molar-refractivity contribution in [3.8, 4) is 0 Å². The van der Waals surface area contributed by atoms with E-state index in [2.05, 4.69) is 5.32 Å². The maximum atomic E-state index is 13.1. The number of anilines is 1. The van der Waals surface area contributed by atoms with Crippen LogP contribution in [0.4, 0.5) is 10.1 Å². The molecule has 1 aliphatic heterocycles. The molecule has 27 heavy (non-hydrogen) atoms. The number of rotatable bonds is 4. The Morgan fingerprint density at radius 2 is 1.93 bits per heavy atom. The minimum Gasteiger partial charge on any atom is -0.326 e. The van der Waals surface area contributed by atoms with Gasteiger partial charge in [0.05, 0.1) is 10.8 Å². The van der Waals surface area contributed by atoms with Crippen LogP contribution in [0.5, 0.6) is 0 Å². The van der Waals surface area contributed by atoms with Crippen molar-refractivity contribution in [1.29, 1.82) is 0 Å². The smallest absolute Gasteiger partial charge is 0.243 e. The summed E-state index contributed by atoms with van der Waals surface area (Å²) < 4.78 is 39.9. The molecule has 0 unspecified atom stereocenters. The third-order valence-corrected chi connectivity index (χ3v) is 7.02. The number of hydrogen-bond acceptors (Lipinski definition) is 3. The second-order valence-electron chi connectivity index (χ2n) is 6.56. The Labute approximate surface area is 163 Å². The number of carbonyl (C=O) groups excluding carboxylic acids is 1. The van der Waals surface area contributed by atoms with Crippen molar-refractivity contribution >= 4 is 33.2 Å². The van der Waals surface area contributed by atoms with Crippen LogP contribution < -0.4 is 5.32 Å². The molecule has 2 aromatic carbocycles. The van der Waals surface area contributed by atoms with Gasteiger partial charge < -0.3 is 5.32 Å². The number of piperidine rings is 1. The molecule has 144 valence electrons. The third kappa shape index (κ3) is 4.31. The molecule has 0 bridgehead atoms. The molecule has 3 rings (SSSR count). The largest absolute Gasteiger partial charge is 0.326 e. The predicted molar refractivity (Wildman–Crippen MR) is 103 cm³/mol. The highest BCUT2D eigenvalue weighted by atomic mass is 35.5. The number of benzene rings is 2. The number of sulfonamides is 1. The minimum absolute atomic E-state index is 0.0237. The lowest BCUT2D eigenvalue weighted by Crippen LogP contribution is -2.43. The fraction of sp³-hybridized carbons (Fsp3) is 0.316. The van der Waals surface area contributed by atoms with Crippen molar-refractivity contribution in [1.82, 2.24) is 4.31 Å². The van der Waals surface area contributed by atoms with Crippen molar-refractivity contribution < 1.29 is 17.6 Å². The lowest BCUT2D eigenvalue weighted by Gasteiger charge is -2.31. The molecule has 1 aliphatic rings. The first-order valence-corrected chi connectivity index (χ1v) is 10.4. The van der Waals surface area contributed by atoms with Gasteiger partial charge in [0, 0.05) is 23.8 Å². The highest BCUT2D eigenvalue weighted by molar-refractivity contribution is 7.89. The summed E-state index contributed by atoms with van der Waals surface area (Å²) in [6.45, 7) is 2.23. The lowest BCUT2D eigenvalue weighted by molar-refractivity contribution is -0.120. The summed E-state index contributed by atoms with van der Waals surface area (Å²) in [6, 6.07) is 9.95. The molecule has 1 fully saturated rings. The van der Waals surface area contributed by atoms with Crippen LogP contribution in [-0.4, -0.2) is 31.7 Å². The Morgan fingerprint density at radius 1 is 1.22 bits per heavy atom. The van der Waals surface area contributed by atoms with E-state index in [1.165, 1.54) is 16.4 Å². The molecule has 1 atom stereocenters. The molecule has 1 amide bonds. The van der Waals surface area contributed by atoms with E-state index in [1.54, 1.807) is 18.2 Å². The summed E-state index contributed by atoms with van der Waals surface area (Å²) in [6.07, 6.45) is 1.17. The first kappa shape index (κ1) is 19.8. The van der Waals surface area contributed by atoms with Gasteiger partial charge in [-0.15, -0.1) is 0 Å². The van der Waals surface area contributed by atoms with E-state index in [1.807, 2.05) is 6.92 Å². The van der Waals surface area contributed by atoms with Crippen LogP contribution in [0.1, 0.15) is 18.4 Å². The van der Waals surface area contributed by atoms with Crippen molar-refractivity contribution in [3.05, 3.63) is 58.9 Å². The van der Waals surface area contributed by atoms with Gasteiger partial charge in [-0.3, -0.25) is 4.79 Å². The predicted octanol–water partition coefficient (Wildman–Crippen LogP) is 3.83. The third-order valence-electron chi connectivity index (χ3n) is 4.73. The van der Waals surface area contributed by atoms with E-state index in [9.17, 15) is 17.6 Å². The van der Waals surface area contributed by atoms with Crippen molar-refractivity contribution in [2.45, 2.75) is 24.7 Å². The van der Waals surface area contributed by atoms with Gasteiger partial charge in [-0.2, -0.15) is 4.31 Å². The maximum Gasteiger partial charge on any atom is 0.243 e. The van der Waals surface area contributed by atoms with Gasteiger partial charge in [0.25, 0.3) is 0 Å². The first-order chi connectivity index (χ1) is 12.8. The summed E-state index contributed by atoms with van der Waals surface area (Å²) in [5.41, 5.74) is 1.38. The second kappa shape index (κ2) is 7.96. The highest BCUT2D eigenvalue weighted by Crippen LogP contribution is 2.27. The molecule has 0 aliphatic carbocycles. The van der Waals surface area contributed by atoms with Gasteiger partial charge >= 0.3 is 0 Å². The molecule has 2 aromatic rings. The van der Waals surface area contributed by atoms with Crippen molar-refractivity contribution in [2.24, 2.45) is 5.92 Å². The Balaban J connectivity index is 1.74. The average molecular weight is 411 g/mol. The molecule has 1 heterocycles. The Kier molecular flexibility index (Phi) is 5.83. The minimum atomic E-state index is -3.77. The molecular formula is C19H20ClFN2O3S. The highest BCUT2D eigenvalue weighted by Gasteiger charge is 2.33. The summed E-state index contributed by atoms with van der Waals surface area (Å²) in [5, 5.41) is 3.40. The van der Waals surface area contributed by atoms with Gasteiger partial charge in [0.1, 0.15) is 5.82 Å². The number of nitrogens with zero attached hydrogens (tertiary/aromatic N) is 1. The molecule has 8 heteroatoms. The molecule has 0 spiro atoms. The lowest BCUT2D eigenvalue weighted by atomic mass is 9.98. The van der Waals surface area contributed by atoms with E-state index >= 15 is 0 Å².